The fraction of sp³-hybridized carbons (Fsp3) is 0.417. The molecule has 0 spiro atoms. The summed E-state index contributed by atoms with van der Waals surface area (Å²) in [6, 6.07) is 2.94. The Bertz CT molecular complexity index is 380. The van der Waals surface area contributed by atoms with Crippen molar-refractivity contribution in [3.8, 4) is 0 Å². The van der Waals surface area contributed by atoms with Crippen LogP contribution in [-0.4, -0.2) is 23.9 Å². The summed E-state index contributed by atoms with van der Waals surface area (Å²) in [5.74, 6) is -1.70. The highest BCUT2D eigenvalue weighted by Crippen LogP contribution is 2.15. The summed E-state index contributed by atoms with van der Waals surface area (Å²) in [5.41, 5.74) is 0.0967. The van der Waals surface area contributed by atoms with Crippen LogP contribution in [0.3, 0.4) is 0 Å². The van der Waals surface area contributed by atoms with E-state index in [2.05, 4.69) is 0 Å². The van der Waals surface area contributed by atoms with Gasteiger partial charge in [0.05, 0.1) is 0 Å². The molecule has 0 radical (unpaired) electrons. The second-order valence-corrected chi connectivity index (χ2v) is 4.01. The number of rotatable bonds is 1. The minimum Gasteiger partial charge on any atom is -0.339 e. The van der Waals surface area contributed by atoms with Crippen molar-refractivity contribution < 1.29 is 13.6 Å². The Morgan fingerprint density at radius 3 is 2.12 bits per heavy atom. The number of halogens is 2. The van der Waals surface area contributed by atoms with Gasteiger partial charge in [-0.3, -0.25) is 4.79 Å². The fourth-order valence-corrected chi connectivity index (χ4v) is 1.96. The molecule has 2 nitrogen and oxygen atoms in total. The lowest BCUT2D eigenvalue weighted by atomic mass is 10.1. The molecule has 1 heterocycles. The van der Waals surface area contributed by atoms with Crippen LogP contribution in [0.15, 0.2) is 18.2 Å². The molecule has 1 saturated heterocycles. The van der Waals surface area contributed by atoms with Crippen LogP contribution < -0.4 is 0 Å². The summed E-state index contributed by atoms with van der Waals surface area (Å²) in [4.78, 5) is 13.5. The lowest BCUT2D eigenvalue weighted by Gasteiger charge is -2.26. The number of carbonyl (C=O) groups is 1. The van der Waals surface area contributed by atoms with Gasteiger partial charge in [0.25, 0.3) is 5.91 Å². The van der Waals surface area contributed by atoms with Crippen LogP contribution in [0, 0.1) is 11.6 Å². The van der Waals surface area contributed by atoms with Crippen molar-refractivity contribution in [1.29, 1.82) is 0 Å². The zero-order valence-corrected chi connectivity index (χ0v) is 8.88. The number of benzene rings is 1. The first kappa shape index (κ1) is 11.0. The maximum atomic E-state index is 12.9. The molecule has 0 atom stereocenters. The summed E-state index contributed by atoms with van der Waals surface area (Å²) in [6.45, 7) is 1.36. The molecular formula is C12H13F2NO. The molecule has 2 rings (SSSR count). The lowest BCUT2D eigenvalue weighted by Crippen LogP contribution is -2.35. The molecule has 16 heavy (non-hydrogen) atoms. The normalized spacial score (nSPS) is 16.2. The third kappa shape index (κ3) is 2.38. The zero-order chi connectivity index (χ0) is 11.5. The van der Waals surface area contributed by atoms with E-state index in [9.17, 15) is 13.6 Å². The Labute approximate surface area is 92.9 Å². The summed E-state index contributed by atoms with van der Waals surface area (Å²) in [6.07, 6.45) is 3.04. The molecule has 4 heteroatoms. The summed E-state index contributed by atoms with van der Waals surface area (Å²) >= 11 is 0. The number of amides is 1. The van der Waals surface area contributed by atoms with Gasteiger partial charge in [-0.15, -0.1) is 0 Å². The third-order valence-corrected chi connectivity index (χ3v) is 2.75. The number of hydrogen-bond donors (Lipinski definition) is 0. The van der Waals surface area contributed by atoms with Gasteiger partial charge >= 0.3 is 0 Å². The summed E-state index contributed by atoms with van der Waals surface area (Å²) in [5, 5.41) is 0. The molecule has 1 aromatic carbocycles. The van der Waals surface area contributed by atoms with Crippen LogP contribution in [0.5, 0.6) is 0 Å². The molecule has 0 bridgehead atoms. The van der Waals surface area contributed by atoms with Crippen LogP contribution in [0.4, 0.5) is 8.78 Å². The molecule has 1 aromatic rings. The molecule has 1 aliphatic heterocycles. The lowest BCUT2D eigenvalue weighted by molar-refractivity contribution is 0.0723. The van der Waals surface area contributed by atoms with Crippen molar-refractivity contribution in [2.75, 3.05) is 13.1 Å². The maximum absolute atomic E-state index is 12.9. The first-order chi connectivity index (χ1) is 7.66. The average molecular weight is 225 g/mol. The number of piperidine rings is 1. The van der Waals surface area contributed by atoms with E-state index >= 15 is 0 Å². The minimum atomic E-state index is -0.708. The SMILES string of the molecule is O=C(c1cc(F)cc(F)c1)N1CCCCC1. The number of hydrogen-bond acceptors (Lipinski definition) is 1. The highest BCUT2D eigenvalue weighted by atomic mass is 19.1. The first-order valence-corrected chi connectivity index (χ1v) is 5.42. The highest BCUT2D eigenvalue weighted by molar-refractivity contribution is 5.94. The van der Waals surface area contributed by atoms with Crippen LogP contribution in [0.2, 0.25) is 0 Å². The second-order valence-electron chi connectivity index (χ2n) is 4.01. The van der Waals surface area contributed by atoms with Gasteiger partial charge < -0.3 is 4.90 Å². The number of likely N-dealkylation sites (tertiary alicyclic amines) is 1. The van der Waals surface area contributed by atoms with Crippen molar-refractivity contribution in [3.05, 3.63) is 35.4 Å². The smallest absolute Gasteiger partial charge is 0.254 e. The van der Waals surface area contributed by atoms with Gasteiger partial charge in [-0.05, 0) is 31.4 Å². The fourth-order valence-electron chi connectivity index (χ4n) is 1.96. The quantitative estimate of drug-likeness (QED) is 0.719. The van der Waals surface area contributed by atoms with E-state index in [-0.39, 0.29) is 11.5 Å². The minimum absolute atomic E-state index is 0.0967. The van der Waals surface area contributed by atoms with Crippen molar-refractivity contribution in [2.45, 2.75) is 19.3 Å². The Balaban J connectivity index is 2.19. The van der Waals surface area contributed by atoms with Gasteiger partial charge in [0.1, 0.15) is 11.6 Å². The maximum Gasteiger partial charge on any atom is 0.254 e. The third-order valence-electron chi connectivity index (χ3n) is 2.75. The van der Waals surface area contributed by atoms with E-state index in [0.717, 1.165) is 37.5 Å². The molecule has 0 unspecified atom stereocenters. The molecular weight excluding hydrogens is 212 g/mol. The van der Waals surface area contributed by atoms with Gasteiger partial charge in [-0.1, -0.05) is 0 Å². The molecule has 0 aliphatic carbocycles. The Hall–Kier alpha value is -1.45. The van der Waals surface area contributed by atoms with E-state index in [1.54, 1.807) is 4.90 Å². The van der Waals surface area contributed by atoms with Crippen molar-refractivity contribution in [1.82, 2.24) is 4.90 Å². The number of nitrogens with zero attached hydrogens (tertiary/aromatic N) is 1. The van der Waals surface area contributed by atoms with Gasteiger partial charge in [0.2, 0.25) is 0 Å². The topological polar surface area (TPSA) is 20.3 Å². The molecule has 1 aliphatic rings. The standard InChI is InChI=1S/C12H13F2NO/c13-10-6-9(7-11(14)8-10)12(16)15-4-2-1-3-5-15/h6-8H,1-5H2. The first-order valence-electron chi connectivity index (χ1n) is 5.42. The molecule has 1 amide bonds. The highest BCUT2D eigenvalue weighted by Gasteiger charge is 2.19. The van der Waals surface area contributed by atoms with E-state index in [0.29, 0.717) is 13.1 Å². The molecule has 86 valence electrons. The van der Waals surface area contributed by atoms with Crippen LogP contribution >= 0.6 is 0 Å². The van der Waals surface area contributed by atoms with Crippen molar-refractivity contribution >= 4 is 5.91 Å². The van der Waals surface area contributed by atoms with Crippen LogP contribution in [0.1, 0.15) is 29.6 Å². The largest absolute Gasteiger partial charge is 0.339 e. The zero-order valence-electron chi connectivity index (χ0n) is 8.88. The van der Waals surface area contributed by atoms with Crippen LogP contribution in [0.25, 0.3) is 0 Å². The summed E-state index contributed by atoms with van der Waals surface area (Å²) in [7, 11) is 0. The Morgan fingerprint density at radius 1 is 1.00 bits per heavy atom. The van der Waals surface area contributed by atoms with E-state index in [1.165, 1.54) is 0 Å². The van der Waals surface area contributed by atoms with Gasteiger partial charge in [-0.2, -0.15) is 0 Å². The molecule has 0 saturated carbocycles. The second kappa shape index (κ2) is 4.60. The molecule has 0 N–H and O–H groups in total. The monoisotopic (exact) mass is 225 g/mol. The Morgan fingerprint density at radius 2 is 1.56 bits per heavy atom. The average Bonchev–Trinajstić information content (AvgIpc) is 2.28. The molecule has 0 aromatic heterocycles. The van der Waals surface area contributed by atoms with Gasteiger partial charge in [0, 0.05) is 24.7 Å². The Kier molecular flexibility index (Phi) is 3.17. The van der Waals surface area contributed by atoms with Gasteiger partial charge in [-0.25, -0.2) is 8.78 Å². The predicted octanol–water partition coefficient (Wildman–Crippen LogP) is 2.59. The predicted molar refractivity (Wildman–Crippen MR) is 56.1 cm³/mol. The van der Waals surface area contributed by atoms with E-state index < -0.39 is 11.6 Å². The summed E-state index contributed by atoms with van der Waals surface area (Å²) < 4.78 is 25.9. The van der Waals surface area contributed by atoms with Gasteiger partial charge in [0.15, 0.2) is 0 Å². The van der Waals surface area contributed by atoms with Crippen LogP contribution in [-0.2, 0) is 0 Å². The van der Waals surface area contributed by atoms with Crippen molar-refractivity contribution in [3.63, 3.8) is 0 Å². The van der Waals surface area contributed by atoms with E-state index in [1.807, 2.05) is 0 Å². The number of carbonyl (C=O) groups excluding carboxylic acids is 1. The van der Waals surface area contributed by atoms with E-state index in [4.69, 9.17) is 0 Å². The van der Waals surface area contributed by atoms with Crippen molar-refractivity contribution in [2.24, 2.45) is 0 Å². The molecule has 1 fully saturated rings.